The lowest BCUT2D eigenvalue weighted by Gasteiger charge is -2.21. The number of allylic oxidation sites excluding steroid dienone is 7. The van der Waals surface area contributed by atoms with Crippen molar-refractivity contribution < 1.29 is 19.8 Å². The standard InChI is InChI=1S/C23H37NO4S/c1-2-3-4-5-6-7-8-9-10-11-12-13-15-19(23(28)20(24)18-29)21(25)16-14-17-22(26)27/h6-7,9-13,15,19-21,25,29H,2-5,8,14,16-18,24H2,1H3,(H,26,27)/b7-6+,10-9+,12-11+,15-13+. The van der Waals surface area contributed by atoms with Gasteiger partial charge in [0.05, 0.1) is 18.1 Å². The number of unbranched alkanes of at least 4 members (excludes halogenated alkanes) is 3. The first-order chi connectivity index (χ1) is 13.9. The molecule has 0 saturated carbocycles. The van der Waals surface area contributed by atoms with Gasteiger partial charge in [-0.2, -0.15) is 12.6 Å². The number of hydrogen-bond donors (Lipinski definition) is 4. The summed E-state index contributed by atoms with van der Waals surface area (Å²) in [7, 11) is 0. The van der Waals surface area contributed by atoms with Crippen molar-refractivity contribution in [3.8, 4) is 0 Å². The van der Waals surface area contributed by atoms with E-state index in [1.165, 1.54) is 19.3 Å². The minimum Gasteiger partial charge on any atom is -0.481 e. The number of carboxylic acid groups (broad SMARTS) is 1. The number of Topliss-reactive ketones (excluding diaryl/α,β-unsaturated/α-hetero) is 1. The summed E-state index contributed by atoms with van der Waals surface area (Å²) in [6.07, 6.45) is 20.6. The Hall–Kier alpha value is -1.63. The molecule has 0 saturated heterocycles. The van der Waals surface area contributed by atoms with Crippen molar-refractivity contribution in [1.82, 2.24) is 0 Å². The molecule has 5 nitrogen and oxygen atoms in total. The van der Waals surface area contributed by atoms with Crippen LogP contribution in [-0.2, 0) is 9.59 Å². The van der Waals surface area contributed by atoms with Gasteiger partial charge in [0.25, 0.3) is 0 Å². The first-order valence-electron chi connectivity index (χ1n) is 10.4. The maximum Gasteiger partial charge on any atom is 0.303 e. The van der Waals surface area contributed by atoms with E-state index in [0.717, 1.165) is 12.8 Å². The maximum absolute atomic E-state index is 12.4. The third kappa shape index (κ3) is 14.9. The van der Waals surface area contributed by atoms with Crippen molar-refractivity contribution in [3.63, 3.8) is 0 Å². The van der Waals surface area contributed by atoms with Crippen molar-refractivity contribution in [1.29, 1.82) is 0 Å². The monoisotopic (exact) mass is 423 g/mol. The van der Waals surface area contributed by atoms with E-state index in [2.05, 4.69) is 31.7 Å². The van der Waals surface area contributed by atoms with Crippen molar-refractivity contribution in [3.05, 3.63) is 48.6 Å². The van der Waals surface area contributed by atoms with Crippen LogP contribution in [0.15, 0.2) is 48.6 Å². The third-order valence-corrected chi connectivity index (χ3v) is 4.79. The van der Waals surface area contributed by atoms with E-state index < -0.39 is 24.0 Å². The topological polar surface area (TPSA) is 101 Å². The lowest BCUT2D eigenvalue weighted by atomic mass is 9.90. The van der Waals surface area contributed by atoms with Crippen LogP contribution in [0.2, 0.25) is 0 Å². The highest BCUT2D eigenvalue weighted by atomic mass is 32.1. The summed E-state index contributed by atoms with van der Waals surface area (Å²) < 4.78 is 0. The summed E-state index contributed by atoms with van der Waals surface area (Å²) in [5.74, 6) is -1.80. The quantitative estimate of drug-likeness (QED) is 0.121. The maximum atomic E-state index is 12.4. The predicted octanol–water partition coefficient (Wildman–Crippen LogP) is 4.24. The van der Waals surface area contributed by atoms with E-state index >= 15 is 0 Å². The number of aliphatic carboxylic acids is 1. The zero-order valence-electron chi connectivity index (χ0n) is 17.5. The molecule has 0 aromatic heterocycles. The van der Waals surface area contributed by atoms with Gasteiger partial charge >= 0.3 is 5.97 Å². The van der Waals surface area contributed by atoms with Gasteiger partial charge in [-0.05, 0) is 32.1 Å². The average molecular weight is 424 g/mol. The second kappa shape index (κ2) is 18.4. The second-order valence-electron chi connectivity index (χ2n) is 6.97. The highest BCUT2D eigenvalue weighted by Gasteiger charge is 2.27. The van der Waals surface area contributed by atoms with Gasteiger partial charge in [0, 0.05) is 12.2 Å². The van der Waals surface area contributed by atoms with E-state index in [1.54, 1.807) is 18.2 Å². The van der Waals surface area contributed by atoms with Gasteiger partial charge in [0.1, 0.15) is 0 Å². The van der Waals surface area contributed by atoms with E-state index in [4.69, 9.17) is 10.8 Å². The Morgan fingerprint density at radius 1 is 1.03 bits per heavy atom. The smallest absolute Gasteiger partial charge is 0.303 e. The summed E-state index contributed by atoms with van der Waals surface area (Å²) in [4.78, 5) is 23.0. The number of nitrogens with two attached hydrogens (primary N) is 1. The Labute approximate surface area is 180 Å². The largest absolute Gasteiger partial charge is 0.481 e. The fraction of sp³-hybridized carbons (Fsp3) is 0.565. The van der Waals surface area contributed by atoms with Crippen LogP contribution in [0.25, 0.3) is 0 Å². The highest BCUT2D eigenvalue weighted by Crippen LogP contribution is 2.16. The van der Waals surface area contributed by atoms with Crippen molar-refractivity contribution in [2.24, 2.45) is 11.7 Å². The van der Waals surface area contributed by atoms with Crippen molar-refractivity contribution in [2.45, 2.75) is 70.4 Å². The number of rotatable bonds is 17. The zero-order valence-corrected chi connectivity index (χ0v) is 18.3. The van der Waals surface area contributed by atoms with Crippen LogP contribution < -0.4 is 5.73 Å². The number of aliphatic hydroxyl groups excluding tert-OH is 1. The SMILES string of the molecule is CCCCC/C=C/C/C=C/C=C/C=C/C(C(=O)C(N)CS)C(O)CCCC(=O)O. The fourth-order valence-corrected chi connectivity index (χ4v) is 2.85. The molecule has 0 aromatic rings. The normalized spacial score (nSPS) is 15.6. The lowest BCUT2D eigenvalue weighted by Crippen LogP contribution is -2.41. The minimum atomic E-state index is -0.967. The predicted molar refractivity (Wildman–Crippen MR) is 123 cm³/mol. The molecule has 0 radical (unpaired) electrons. The van der Waals surface area contributed by atoms with Crippen molar-refractivity contribution >= 4 is 24.4 Å². The third-order valence-electron chi connectivity index (χ3n) is 4.40. The molecule has 164 valence electrons. The summed E-state index contributed by atoms with van der Waals surface area (Å²) >= 11 is 4.05. The number of carbonyl (C=O) groups excluding carboxylic acids is 1. The molecule has 3 atom stereocenters. The number of carboxylic acids is 1. The zero-order chi connectivity index (χ0) is 21.9. The number of hydrogen-bond acceptors (Lipinski definition) is 5. The number of thiol groups is 1. The summed E-state index contributed by atoms with van der Waals surface area (Å²) in [6, 6.07) is -0.768. The van der Waals surface area contributed by atoms with Gasteiger partial charge in [-0.15, -0.1) is 0 Å². The summed E-state index contributed by atoms with van der Waals surface area (Å²) in [5, 5.41) is 19.0. The molecule has 0 rings (SSSR count). The van der Waals surface area contributed by atoms with Gasteiger partial charge in [0.2, 0.25) is 0 Å². The first kappa shape index (κ1) is 27.4. The molecule has 0 heterocycles. The van der Waals surface area contributed by atoms with Crippen LogP contribution >= 0.6 is 12.6 Å². The molecule has 0 fully saturated rings. The summed E-state index contributed by atoms with van der Waals surface area (Å²) in [6.45, 7) is 2.19. The van der Waals surface area contributed by atoms with Gasteiger partial charge in [0.15, 0.2) is 5.78 Å². The van der Waals surface area contributed by atoms with E-state index in [9.17, 15) is 14.7 Å². The number of carbonyl (C=O) groups is 2. The molecule has 3 unspecified atom stereocenters. The first-order valence-corrected chi connectivity index (χ1v) is 11.0. The lowest BCUT2D eigenvalue weighted by molar-refractivity contribution is -0.137. The fourth-order valence-electron chi connectivity index (χ4n) is 2.67. The van der Waals surface area contributed by atoms with Gasteiger partial charge in [-0.25, -0.2) is 0 Å². The van der Waals surface area contributed by atoms with Crippen LogP contribution in [0, 0.1) is 5.92 Å². The van der Waals surface area contributed by atoms with Crippen LogP contribution in [0.1, 0.15) is 58.3 Å². The number of aliphatic hydroxyl groups is 1. The summed E-state index contributed by atoms with van der Waals surface area (Å²) in [5.41, 5.74) is 5.77. The van der Waals surface area contributed by atoms with Crippen molar-refractivity contribution in [2.75, 3.05) is 5.75 Å². The Morgan fingerprint density at radius 3 is 2.41 bits per heavy atom. The van der Waals surface area contributed by atoms with E-state index in [-0.39, 0.29) is 24.4 Å². The molecule has 0 bridgehead atoms. The molecule has 29 heavy (non-hydrogen) atoms. The molecule has 0 aliphatic carbocycles. The minimum absolute atomic E-state index is 0.0436. The molecule has 6 heteroatoms. The molecular weight excluding hydrogens is 386 g/mol. The van der Waals surface area contributed by atoms with Gasteiger partial charge < -0.3 is 15.9 Å². The molecule has 0 amide bonds. The Balaban J connectivity index is 4.58. The molecule has 0 aromatic carbocycles. The molecule has 0 aliphatic rings. The van der Waals surface area contributed by atoms with Gasteiger partial charge in [-0.3, -0.25) is 9.59 Å². The molecule has 0 spiro atoms. The van der Waals surface area contributed by atoms with Crippen LogP contribution in [-0.4, -0.2) is 39.9 Å². The van der Waals surface area contributed by atoms with E-state index in [1.807, 2.05) is 18.2 Å². The Kier molecular flexibility index (Phi) is 17.4. The molecule has 4 N–H and O–H groups in total. The molecule has 0 aliphatic heterocycles. The highest BCUT2D eigenvalue weighted by molar-refractivity contribution is 7.80. The molecular formula is C23H37NO4S. The second-order valence-corrected chi connectivity index (χ2v) is 7.34. The average Bonchev–Trinajstić information content (AvgIpc) is 2.70. The van der Waals surface area contributed by atoms with Crippen LogP contribution in [0.5, 0.6) is 0 Å². The van der Waals surface area contributed by atoms with Gasteiger partial charge in [-0.1, -0.05) is 68.4 Å². The Morgan fingerprint density at radius 2 is 1.76 bits per heavy atom. The Bertz CT molecular complexity index is 569. The van der Waals surface area contributed by atoms with Crippen LogP contribution in [0.4, 0.5) is 0 Å². The van der Waals surface area contributed by atoms with E-state index in [0.29, 0.717) is 6.42 Å². The van der Waals surface area contributed by atoms with Crippen LogP contribution in [0.3, 0.4) is 0 Å². The number of ketones is 1.